The lowest BCUT2D eigenvalue weighted by molar-refractivity contribution is 0.277. The minimum absolute atomic E-state index is 0.451. The Kier molecular flexibility index (Phi) is 4.08. The van der Waals surface area contributed by atoms with Crippen LogP contribution >= 0.6 is 0 Å². The highest BCUT2D eigenvalue weighted by molar-refractivity contribution is 5.51. The molecule has 0 aliphatic carbocycles. The van der Waals surface area contributed by atoms with Gasteiger partial charge in [-0.2, -0.15) is 0 Å². The van der Waals surface area contributed by atoms with Gasteiger partial charge in [0.25, 0.3) is 0 Å². The third-order valence-corrected chi connectivity index (χ3v) is 1.85. The second kappa shape index (κ2) is 4.31. The van der Waals surface area contributed by atoms with Crippen molar-refractivity contribution in [1.29, 1.82) is 5.41 Å². The predicted molar refractivity (Wildman–Crippen MR) is 45.5 cm³/mol. The molecular weight excluding hydrogens is 124 g/mol. The van der Waals surface area contributed by atoms with E-state index in [0.29, 0.717) is 12.1 Å². The Bertz CT molecular complexity index is 99.4. The molecule has 0 bridgehead atoms. The zero-order chi connectivity index (χ0) is 8.15. The van der Waals surface area contributed by atoms with Crippen LogP contribution in [0.3, 0.4) is 0 Å². The molecule has 60 valence electrons. The molecule has 10 heavy (non-hydrogen) atoms. The molecule has 0 aromatic heterocycles. The molecular formula is C8H18N2. The molecule has 0 spiro atoms. The highest BCUT2D eigenvalue weighted by Crippen LogP contribution is 2.04. The van der Waals surface area contributed by atoms with Gasteiger partial charge in [0.1, 0.15) is 0 Å². The Labute approximate surface area is 63.7 Å². The van der Waals surface area contributed by atoms with Crippen LogP contribution in [0.4, 0.5) is 0 Å². The molecule has 0 saturated carbocycles. The standard InChI is InChI=1S/C8H18N2/c1-5-8(4)10(6-9)7(2)3/h6-9H,5H2,1-4H3. The topological polar surface area (TPSA) is 27.1 Å². The van der Waals surface area contributed by atoms with E-state index in [4.69, 9.17) is 5.41 Å². The molecule has 0 saturated heterocycles. The van der Waals surface area contributed by atoms with E-state index in [1.54, 1.807) is 0 Å². The molecule has 2 nitrogen and oxygen atoms in total. The molecule has 0 amide bonds. The summed E-state index contributed by atoms with van der Waals surface area (Å²) >= 11 is 0. The summed E-state index contributed by atoms with van der Waals surface area (Å²) in [5.41, 5.74) is 0. The summed E-state index contributed by atoms with van der Waals surface area (Å²) in [7, 11) is 0. The maximum Gasteiger partial charge on any atom is 0.0822 e. The van der Waals surface area contributed by atoms with Gasteiger partial charge in [0.2, 0.25) is 0 Å². The van der Waals surface area contributed by atoms with Gasteiger partial charge in [-0.3, -0.25) is 5.41 Å². The predicted octanol–water partition coefficient (Wildman–Crippen LogP) is 2.10. The van der Waals surface area contributed by atoms with Crippen molar-refractivity contribution in [2.24, 2.45) is 0 Å². The van der Waals surface area contributed by atoms with Gasteiger partial charge < -0.3 is 4.90 Å². The molecule has 1 N–H and O–H groups in total. The van der Waals surface area contributed by atoms with Gasteiger partial charge in [-0.05, 0) is 27.2 Å². The number of nitrogens with one attached hydrogen (secondary N) is 1. The highest BCUT2D eigenvalue weighted by atomic mass is 15.2. The summed E-state index contributed by atoms with van der Waals surface area (Å²) in [4.78, 5) is 2.06. The van der Waals surface area contributed by atoms with Crippen molar-refractivity contribution in [3.63, 3.8) is 0 Å². The molecule has 2 heteroatoms. The Balaban J connectivity index is 3.92. The van der Waals surface area contributed by atoms with Gasteiger partial charge >= 0.3 is 0 Å². The third-order valence-electron chi connectivity index (χ3n) is 1.85. The summed E-state index contributed by atoms with van der Waals surface area (Å²) in [5.74, 6) is 0. The molecule has 0 aliphatic rings. The van der Waals surface area contributed by atoms with Crippen LogP contribution < -0.4 is 0 Å². The second-order valence-electron chi connectivity index (χ2n) is 2.93. The van der Waals surface area contributed by atoms with Crippen LogP contribution in [0.1, 0.15) is 34.1 Å². The molecule has 0 aromatic carbocycles. The van der Waals surface area contributed by atoms with E-state index in [2.05, 4.69) is 32.6 Å². The molecule has 0 aliphatic heterocycles. The quantitative estimate of drug-likeness (QED) is 0.472. The molecule has 0 radical (unpaired) electrons. The van der Waals surface area contributed by atoms with Crippen molar-refractivity contribution in [1.82, 2.24) is 4.90 Å². The Hall–Kier alpha value is -0.530. The van der Waals surface area contributed by atoms with Gasteiger partial charge in [-0.25, -0.2) is 0 Å². The summed E-state index contributed by atoms with van der Waals surface area (Å²) < 4.78 is 0. The lowest BCUT2D eigenvalue weighted by Crippen LogP contribution is -2.36. The average molecular weight is 142 g/mol. The fourth-order valence-corrected chi connectivity index (χ4v) is 0.996. The van der Waals surface area contributed by atoms with Crippen LogP contribution in [0.5, 0.6) is 0 Å². The van der Waals surface area contributed by atoms with Gasteiger partial charge in [-0.15, -0.1) is 0 Å². The zero-order valence-electron chi connectivity index (χ0n) is 7.39. The van der Waals surface area contributed by atoms with E-state index < -0.39 is 0 Å². The lowest BCUT2D eigenvalue weighted by atomic mass is 10.2. The molecule has 0 aromatic rings. The molecule has 0 fully saturated rings. The van der Waals surface area contributed by atoms with Crippen LogP contribution in [0, 0.1) is 5.41 Å². The van der Waals surface area contributed by atoms with Crippen molar-refractivity contribution in [3.8, 4) is 0 Å². The van der Waals surface area contributed by atoms with Crippen LogP contribution in [0.15, 0.2) is 0 Å². The van der Waals surface area contributed by atoms with Crippen LogP contribution in [0.2, 0.25) is 0 Å². The first-order valence-corrected chi connectivity index (χ1v) is 3.91. The van der Waals surface area contributed by atoms with Crippen molar-refractivity contribution < 1.29 is 0 Å². The second-order valence-corrected chi connectivity index (χ2v) is 2.93. The lowest BCUT2D eigenvalue weighted by Gasteiger charge is -2.29. The van der Waals surface area contributed by atoms with Crippen molar-refractivity contribution in [3.05, 3.63) is 0 Å². The van der Waals surface area contributed by atoms with Crippen LogP contribution in [0.25, 0.3) is 0 Å². The van der Waals surface area contributed by atoms with Gasteiger partial charge in [-0.1, -0.05) is 6.92 Å². The van der Waals surface area contributed by atoms with E-state index in [1.807, 2.05) is 0 Å². The monoisotopic (exact) mass is 142 g/mol. The largest absolute Gasteiger partial charge is 0.358 e. The summed E-state index contributed by atoms with van der Waals surface area (Å²) in [6, 6.07) is 0.949. The van der Waals surface area contributed by atoms with Gasteiger partial charge in [0, 0.05) is 12.1 Å². The van der Waals surface area contributed by atoms with Crippen LogP contribution in [-0.2, 0) is 0 Å². The molecule has 0 rings (SSSR count). The van der Waals surface area contributed by atoms with Crippen molar-refractivity contribution in [2.75, 3.05) is 0 Å². The number of nitrogens with zero attached hydrogens (tertiary/aromatic N) is 1. The van der Waals surface area contributed by atoms with Crippen molar-refractivity contribution in [2.45, 2.75) is 46.2 Å². The van der Waals surface area contributed by atoms with Gasteiger partial charge in [0.05, 0.1) is 6.34 Å². The molecule has 1 atom stereocenters. The molecule has 0 heterocycles. The first kappa shape index (κ1) is 9.47. The normalized spacial score (nSPS) is 13.3. The van der Waals surface area contributed by atoms with E-state index in [1.165, 1.54) is 6.34 Å². The van der Waals surface area contributed by atoms with E-state index in [9.17, 15) is 0 Å². The Morgan fingerprint density at radius 2 is 1.90 bits per heavy atom. The third kappa shape index (κ3) is 2.38. The first-order valence-electron chi connectivity index (χ1n) is 3.91. The van der Waals surface area contributed by atoms with Crippen LogP contribution in [-0.4, -0.2) is 23.3 Å². The van der Waals surface area contributed by atoms with E-state index in [-0.39, 0.29) is 0 Å². The number of rotatable bonds is 4. The smallest absolute Gasteiger partial charge is 0.0822 e. The SMILES string of the molecule is CCC(C)N(C=N)C(C)C. The van der Waals surface area contributed by atoms with Crippen molar-refractivity contribution >= 4 is 6.34 Å². The zero-order valence-corrected chi connectivity index (χ0v) is 7.39. The minimum atomic E-state index is 0.451. The summed E-state index contributed by atoms with van der Waals surface area (Å²) in [5, 5.41) is 7.12. The summed E-state index contributed by atoms with van der Waals surface area (Å²) in [6.07, 6.45) is 2.53. The number of hydrogen-bond acceptors (Lipinski definition) is 1. The first-order chi connectivity index (χ1) is 4.63. The summed E-state index contributed by atoms with van der Waals surface area (Å²) in [6.45, 7) is 8.50. The van der Waals surface area contributed by atoms with Gasteiger partial charge in [0.15, 0.2) is 0 Å². The maximum atomic E-state index is 7.12. The minimum Gasteiger partial charge on any atom is -0.358 e. The fourth-order valence-electron chi connectivity index (χ4n) is 0.996. The maximum absolute atomic E-state index is 7.12. The number of hydrogen-bond donors (Lipinski definition) is 1. The highest BCUT2D eigenvalue weighted by Gasteiger charge is 2.10. The average Bonchev–Trinajstić information content (AvgIpc) is 1.88. The Morgan fingerprint density at radius 1 is 1.40 bits per heavy atom. The fraction of sp³-hybridized carbons (Fsp3) is 0.875. The molecule has 1 unspecified atom stereocenters. The van der Waals surface area contributed by atoms with E-state index in [0.717, 1.165) is 6.42 Å². The van der Waals surface area contributed by atoms with E-state index >= 15 is 0 Å². The Morgan fingerprint density at radius 3 is 2.00 bits per heavy atom.